The Morgan fingerprint density at radius 3 is 2.80 bits per heavy atom. The molecule has 2 heteroatoms. The van der Waals surface area contributed by atoms with Crippen molar-refractivity contribution in [3.8, 4) is 5.75 Å². The van der Waals surface area contributed by atoms with Gasteiger partial charge in [0.15, 0.2) is 0 Å². The van der Waals surface area contributed by atoms with Crippen molar-refractivity contribution in [3.05, 3.63) is 29.3 Å². The smallest absolute Gasteiger partial charge is 0.120 e. The Morgan fingerprint density at radius 1 is 1.30 bits per heavy atom. The number of hydrogen-bond acceptors (Lipinski definition) is 2. The zero-order valence-corrected chi connectivity index (χ0v) is 12.9. The van der Waals surface area contributed by atoms with Crippen LogP contribution in [0.1, 0.15) is 64.0 Å². The van der Waals surface area contributed by atoms with E-state index in [0.717, 1.165) is 18.8 Å². The van der Waals surface area contributed by atoms with Gasteiger partial charge in [-0.05, 0) is 42.5 Å². The standard InChI is InChI=1S/C18H26O2/c1-4-5-6-17-18(2,3)16-10-9-15(20-14-7-8-14)11-13(16)12-19-17/h9-11,14,17H,4-8,12H2,1-3H3/t17-/m0/s1. The second-order valence-corrected chi connectivity index (χ2v) is 6.80. The first kappa shape index (κ1) is 13.9. The molecule has 2 aliphatic rings. The van der Waals surface area contributed by atoms with Gasteiger partial charge in [0.05, 0.1) is 18.8 Å². The Morgan fingerprint density at radius 2 is 2.10 bits per heavy atom. The minimum atomic E-state index is 0.0981. The van der Waals surface area contributed by atoms with E-state index in [1.165, 1.54) is 36.8 Å². The summed E-state index contributed by atoms with van der Waals surface area (Å²) in [4.78, 5) is 0. The molecule has 20 heavy (non-hydrogen) atoms. The number of rotatable bonds is 5. The van der Waals surface area contributed by atoms with Crippen molar-refractivity contribution in [3.63, 3.8) is 0 Å². The summed E-state index contributed by atoms with van der Waals surface area (Å²) in [5.41, 5.74) is 2.84. The van der Waals surface area contributed by atoms with Crippen LogP contribution in [-0.4, -0.2) is 12.2 Å². The summed E-state index contributed by atoms with van der Waals surface area (Å²) in [6, 6.07) is 6.58. The number of ether oxygens (including phenoxy) is 2. The van der Waals surface area contributed by atoms with E-state index in [1.54, 1.807) is 0 Å². The van der Waals surface area contributed by atoms with Gasteiger partial charge in [0.2, 0.25) is 0 Å². The summed E-state index contributed by atoms with van der Waals surface area (Å²) in [7, 11) is 0. The van der Waals surface area contributed by atoms with Crippen LogP contribution in [0.15, 0.2) is 18.2 Å². The maximum Gasteiger partial charge on any atom is 0.120 e. The van der Waals surface area contributed by atoms with Crippen LogP contribution < -0.4 is 4.74 Å². The van der Waals surface area contributed by atoms with E-state index in [4.69, 9.17) is 9.47 Å². The topological polar surface area (TPSA) is 18.5 Å². The van der Waals surface area contributed by atoms with Crippen LogP contribution in [0, 0.1) is 0 Å². The van der Waals surface area contributed by atoms with Crippen molar-refractivity contribution >= 4 is 0 Å². The molecule has 0 spiro atoms. The van der Waals surface area contributed by atoms with Gasteiger partial charge in [-0.2, -0.15) is 0 Å². The molecule has 0 N–H and O–H groups in total. The predicted molar refractivity (Wildman–Crippen MR) is 81.2 cm³/mol. The lowest BCUT2D eigenvalue weighted by Crippen LogP contribution is -2.40. The third-order valence-corrected chi connectivity index (χ3v) is 4.66. The van der Waals surface area contributed by atoms with Crippen molar-refractivity contribution in [1.82, 2.24) is 0 Å². The molecular weight excluding hydrogens is 248 g/mol. The summed E-state index contributed by atoms with van der Waals surface area (Å²) in [5, 5.41) is 0. The van der Waals surface area contributed by atoms with Crippen LogP contribution in [0.25, 0.3) is 0 Å². The highest BCUT2D eigenvalue weighted by molar-refractivity contribution is 5.41. The molecular formula is C18H26O2. The van der Waals surface area contributed by atoms with E-state index in [0.29, 0.717) is 12.2 Å². The molecule has 1 saturated carbocycles. The Bertz CT molecular complexity index is 474. The molecule has 1 heterocycles. The van der Waals surface area contributed by atoms with E-state index in [9.17, 15) is 0 Å². The monoisotopic (exact) mass is 274 g/mol. The molecule has 3 rings (SSSR count). The predicted octanol–water partition coefficient (Wildman–Crippen LogP) is 4.59. The lowest BCUT2D eigenvalue weighted by molar-refractivity contribution is -0.0266. The van der Waals surface area contributed by atoms with Crippen LogP contribution in [0.4, 0.5) is 0 Å². The zero-order valence-electron chi connectivity index (χ0n) is 12.9. The minimum Gasteiger partial charge on any atom is -0.490 e. The zero-order chi connectivity index (χ0) is 14.2. The lowest BCUT2D eigenvalue weighted by atomic mass is 9.74. The first-order valence-corrected chi connectivity index (χ1v) is 8.03. The summed E-state index contributed by atoms with van der Waals surface area (Å²) < 4.78 is 12.0. The van der Waals surface area contributed by atoms with Crippen LogP contribution >= 0.6 is 0 Å². The fourth-order valence-electron chi connectivity index (χ4n) is 3.18. The Labute approximate surface area is 122 Å². The van der Waals surface area contributed by atoms with Crippen LogP contribution in [-0.2, 0) is 16.8 Å². The molecule has 1 aliphatic carbocycles. The van der Waals surface area contributed by atoms with Crippen LogP contribution in [0.2, 0.25) is 0 Å². The molecule has 1 aliphatic heterocycles. The molecule has 1 aromatic carbocycles. The third-order valence-electron chi connectivity index (χ3n) is 4.66. The fraction of sp³-hybridized carbons (Fsp3) is 0.667. The molecule has 0 aromatic heterocycles. The van der Waals surface area contributed by atoms with Crippen molar-refractivity contribution in [2.75, 3.05) is 0 Å². The van der Waals surface area contributed by atoms with E-state index >= 15 is 0 Å². The fourth-order valence-corrected chi connectivity index (χ4v) is 3.18. The average Bonchev–Trinajstić information content (AvgIpc) is 3.21. The highest BCUT2D eigenvalue weighted by Gasteiger charge is 2.37. The van der Waals surface area contributed by atoms with E-state index < -0.39 is 0 Å². The summed E-state index contributed by atoms with van der Waals surface area (Å²) in [5.74, 6) is 1.01. The molecule has 0 radical (unpaired) electrons. The Balaban J connectivity index is 1.80. The summed E-state index contributed by atoms with van der Waals surface area (Å²) in [6.07, 6.45) is 6.84. The number of unbranched alkanes of at least 4 members (excludes halogenated alkanes) is 1. The second kappa shape index (κ2) is 5.40. The van der Waals surface area contributed by atoms with Gasteiger partial charge in [-0.25, -0.2) is 0 Å². The molecule has 1 aromatic rings. The first-order chi connectivity index (χ1) is 9.61. The van der Waals surface area contributed by atoms with E-state index in [2.05, 4.69) is 39.0 Å². The van der Waals surface area contributed by atoms with E-state index in [1.807, 2.05) is 0 Å². The molecule has 2 nitrogen and oxygen atoms in total. The Hall–Kier alpha value is -1.02. The largest absolute Gasteiger partial charge is 0.490 e. The minimum absolute atomic E-state index is 0.0981. The normalized spacial score (nSPS) is 24.2. The van der Waals surface area contributed by atoms with Gasteiger partial charge >= 0.3 is 0 Å². The van der Waals surface area contributed by atoms with Gasteiger partial charge in [-0.15, -0.1) is 0 Å². The first-order valence-electron chi connectivity index (χ1n) is 8.03. The van der Waals surface area contributed by atoms with Gasteiger partial charge in [0.25, 0.3) is 0 Å². The van der Waals surface area contributed by atoms with Gasteiger partial charge in [0.1, 0.15) is 5.75 Å². The molecule has 1 atom stereocenters. The number of fused-ring (bicyclic) bond motifs is 1. The van der Waals surface area contributed by atoms with Crippen molar-refractivity contribution < 1.29 is 9.47 Å². The van der Waals surface area contributed by atoms with Crippen LogP contribution in [0.5, 0.6) is 5.75 Å². The highest BCUT2D eigenvalue weighted by atomic mass is 16.5. The van der Waals surface area contributed by atoms with Crippen LogP contribution in [0.3, 0.4) is 0 Å². The van der Waals surface area contributed by atoms with Crippen molar-refractivity contribution in [2.24, 2.45) is 0 Å². The lowest BCUT2D eigenvalue weighted by Gasteiger charge is -2.40. The summed E-state index contributed by atoms with van der Waals surface area (Å²) in [6.45, 7) is 7.60. The Kier molecular flexibility index (Phi) is 3.76. The van der Waals surface area contributed by atoms with Gasteiger partial charge in [0, 0.05) is 5.41 Å². The van der Waals surface area contributed by atoms with Crippen molar-refractivity contribution in [2.45, 2.75) is 77.1 Å². The van der Waals surface area contributed by atoms with Crippen molar-refractivity contribution in [1.29, 1.82) is 0 Å². The number of hydrogen-bond donors (Lipinski definition) is 0. The average molecular weight is 274 g/mol. The van der Waals surface area contributed by atoms with Gasteiger partial charge in [-0.3, -0.25) is 0 Å². The molecule has 0 saturated heterocycles. The summed E-state index contributed by atoms with van der Waals surface area (Å²) >= 11 is 0. The van der Waals surface area contributed by atoms with E-state index in [-0.39, 0.29) is 5.41 Å². The molecule has 1 fully saturated rings. The van der Waals surface area contributed by atoms with Gasteiger partial charge in [-0.1, -0.05) is 39.7 Å². The molecule has 0 bridgehead atoms. The number of benzene rings is 1. The molecule has 110 valence electrons. The maximum absolute atomic E-state index is 6.14. The second-order valence-electron chi connectivity index (χ2n) is 6.80. The SMILES string of the molecule is CCCC[C@@H]1OCc2cc(OC3CC3)ccc2C1(C)C. The highest BCUT2D eigenvalue weighted by Crippen LogP contribution is 2.40. The maximum atomic E-state index is 6.14. The third kappa shape index (κ3) is 2.71. The molecule has 0 unspecified atom stereocenters. The quantitative estimate of drug-likeness (QED) is 0.781. The van der Waals surface area contributed by atoms with Gasteiger partial charge < -0.3 is 9.47 Å². The molecule has 0 amide bonds.